The number of benzene rings is 2. The van der Waals surface area contributed by atoms with Gasteiger partial charge in [-0.3, -0.25) is 9.59 Å². The number of phenols is 1. The summed E-state index contributed by atoms with van der Waals surface area (Å²) in [6.45, 7) is 4.95. The molecule has 1 aliphatic heterocycles. The van der Waals surface area contributed by atoms with Crippen LogP contribution in [0, 0.1) is 5.92 Å². The van der Waals surface area contributed by atoms with Crippen molar-refractivity contribution in [2.45, 2.75) is 57.7 Å². The van der Waals surface area contributed by atoms with E-state index >= 15 is 0 Å². The molecule has 4 N–H and O–H groups in total. The third-order valence-electron chi connectivity index (χ3n) is 6.23. The average Bonchev–Trinajstić information content (AvgIpc) is 2.82. The van der Waals surface area contributed by atoms with Gasteiger partial charge in [-0.25, -0.2) is 0 Å². The van der Waals surface area contributed by atoms with E-state index in [4.69, 9.17) is 10.5 Å². The lowest BCUT2D eigenvalue weighted by Gasteiger charge is -2.35. The molecule has 1 aliphatic rings. The number of nitrogens with one attached hydrogen (secondary N) is 1. The highest BCUT2D eigenvalue weighted by Gasteiger charge is 2.33. The van der Waals surface area contributed by atoms with Crippen molar-refractivity contribution in [1.29, 1.82) is 0 Å². The first kappa shape index (κ1) is 25.7. The second-order valence-electron chi connectivity index (χ2n) is 9.71. The smallest absolute Gasteiger partial charge is 0.247 e. The lowest BCUT2D eigenvalue weighted by atomic mass is 9.91. The second-order valence-corrected chi connectivity index (χ2v) is 9.71. The van der Waals surface area contributed by atoms with Crippen LogP contribution >= 0.6 is 0 Å². The van der Waals surface area contributed by atoms with Gasteiger partial charge in [0.15, 0.2) is 0 Å². The maximum absolute atomic E-state index is 13.4. The third kappa shape index (κ3) is 7.57. The molecule has 0 aromatic heterocycles. The minimum Gasteiger partial charge on any atom is -0.508 e. The standard InChI is InChI=1S/C27H37N3O4/c1-27(2,28)26(33)29-23(19-34-18-21-9-4-3-5-10-21)25(32)30-16-8-11-20(17-30)14-15-22-12-6-7-13-24(22)31/h3-7,9-10,12-13,20,23,31H,8,11,14-19,28H2,1-2H3,(H,29,33). The molecule has 0 radical (unpaired) electrons. The minimum absolute atomic E-state index is 0.0780. The molecule has 2 atom stereocenters. The Morgan fingerprint density at radius 2 is 1.88 bits per heavy atom. The molecule has 1 fully saturated rings. The molecular weight excluding hydrogens is 430 g/mol. The number of rotatable bonds is 10. The van der Waals surface area contributed by atoms with Crippen molar-refractivity contribution >= 4 is 11.8 Å². The van der Waals surface area contributed by atoms with Gasteiger partial charge in [0.25, 0.3) is 0 Å². The molecule has 2 aromatic rings. The zero-order chi connectivity index (χ0) is 24.6. The first-order valence-corrected chi connectivity index (χ1v) is 12.0. The highest BCUT2D eigenvalue weighted by atomic mass is 16.5. The molecule has 2 amide bonds. The van der Waals surface area contributed by atoms with E-state index in [0.717, 1.165) is 36.8 Å². The van der Waals surface area contributed by atoms with Crippen LogP contribution in [-0.4, -0.2) is 53.1 Å². The number of carbonyl (C=O) groups is 2. The molecule has 1 saturated heterocycles. The zero-order valence-electron chi connectivity index (χ0n) is 20.2. The van der Waals surface area contributed by atoms with Gasteiger partial charge in [0.05, 0.1) is 18.8 Å². The molecule has 1 heterocycles. The lowest BCUT2D eigenvalue weighted by Crippen LogP contribution is -2.58. The number of hydrogen-bond donors (Lipinski definition) is 3. The molecule has 0 spiro atoms. The summed E-state index contributed by atoms with van der Waals surface area (Å²) in [5, 5.41) is 12.8. The summed E-state index contributed by atoms with van der Waals surface area (Å²) in [4.78, 5) is 27.8. The van der Waals surface area contributed by atoms with Gasteiger partial charge in [0.1, 0.15) is 11.8 Å². The predicted molar refractivity (Wildman–Crippen MR) is 132 cm³/mol. The number of para-hydroxylation sites is 1. The first-order chi connectivity index (χ1) is 16.2. The number of phenolic OH excluding ortho intramolecular Hbond substituents is 1. The maximum atomic E-state index is 13.4. The van der Waals surface area contributed by atoms with E-state index in [1.807, 2.05) is 53.4 Å². The van der Waals surface area contributed by atoms with Gasteiger partial charge in [-0.05, 0) is 62.6 Å². The van der Waals surface area contributed by atoms with Gasteiger partial charge in [0, 0.05) is 13.1 Å². The van der Waals surface area contributed by atoms with E-state index in [1.54, 1.807) is 19.9 Å². The second kappa shape index (κ2) is 12.0. The normalized spacial score (nSPS) is 17.3. The van der Waals surface area contributed by atoms with Gasteiger partial charge < -0.3 is 25.8 Å². The van der Waals surface area contributed by atoms with E-state index in [0.29, 0.717) is 31.4 Å². The SMILES string of the molecule is CC(C)(N)C(=O)NC(COCc1ccccc1)C(=O)N1CCCC(CCc2ccccc2O)C1. The van der Waals surface area contributed by atoms with Gasteiger partial charge in [-0.1, -0.05) is 48.5 Å². The number of amides is 2. The van der Waals surface area contributed by atoms with Crippen molar-refractivity contribution in [3.8, 4) is 5.75 Å². The highest BCUT2D eigenvalue weighted by Crippen LogP contribution is 2.25. The fraction of sp³-hybridized carbons (Fsp3) is 0.481. The van der Waals surface area contributed by atoms with Crippen molar-refractivity contribution in [3.63, 3.8) is 0 Å². The fourth-order valence-electron chi connectivity index (χ4n) is 4.19. The summed E-state index contributed by atoms with van der Waals surface area (Å²) in [5.74, 6) is 0.124. The van der Waals surface area contributed by atoms with Crippen LogP contribution in [0.5, 0.6) is 5.75 Å². The molecule has 2 unspecified atom stereocenters. The summed E-state index contributed by atoms with van der Waals surface area (Å²) in [5.41, 5.74) is 6.79. The summed E-state index contributed by atoms with van der Waals surface area (Å²) in [6, 6.07) is 16.3. The number of nitrogens with two attached hydrogens (primary N) is 1. The monoisotopic (exact) mass is 467 g/mol. The lowest BCUT2D eigenvalue weighted by molar-refractivity contribution is -0.141. The number of likely N-dealkylation sites (tertiary alicyclic amines) is 1. The van der Waals surface area contributed by atoms with Crippen LogP contribution in [0.3, 0.4) is 0 Å². The van der Waals surface area contributed by atoms with E-state index in [-0.39, 0.29) is 18.4 Å². The molecule has 7 nitrogen and oxygen atoms in total. The number of piperidine rings is 1. The summed E-state index contributed by atoms with van der Waals surface area (Å²) >= 11 is 0. The predicted octanol–water partition coefficient (Wildman–Crippen LogP) is 3.00. The van der Waals surface area contributed by atoms with Gasteiger partial charge in [-0.15, -0.1) is 0 Å². The Kier molecular flexibility index (Phi) is 9.07. The average molecular weight is 468 g/mol. The largest absolute Gasteiger partial charge is 0.508 e. The van der Waals surface area contributed by atoms with Crippen LogP contribution in [-0.2, 0) is 27.4 Å². The van der Waals surface area contributed by atoms with E-state index in [1.165, 1.54) is 0 Å². The number of aryl methyl sites for hydroxylation is 1. The van der Waals surface area contributed by atoms with Crippen LogP contribution in [0.4, 0.5) is 0 Å². The summed E-state index contributed by atoms with van der Waals surface area (Å²) < 4.78 is 5.82. The van der Waals surface area contributed by atoms with E-state index in [9.17, 15) is 14.7 Å². The zero-order valence-corrected chi connectivity index (χ0v) is 20.2. The topological polar surface area (TPSA) is 105 Å². The van der Waals surface area contributed by atoms with Crippen molar-refractivity contribution in [3.05, 3.63) is 65.7 Å². The Hall–Kier alpha value is -2.90. The van der Waals surface area contributed by atoms with Gasteiger partial charge >= 0.3 is 0 Å². The van der Waals surface area contributed by atoms with Gasteiger partial charge in [-0.2, -0.15) is 0 Å². The van der Waals surface area contributed by atoms with E-state index < -0.39 is 11.6 Å². The first-order valence-electron chi connectivity index (χ1n) is 12.0. The highest BCUT2D eigenvalue weighted by molar-refractivity contribution is 5.91. The molecular formula is C27H37N3O4. The van der Waals surface area contributed by atoms with Crippen LogP contribution in [0.2, 0.25) is 0 Å². The maximum Gasteiger partial charge on any atom is 0.247 e. The van der Waals surface area contributed by atoms with Crippen molar-refractivity contribution in [2.24, 2.45) is 11.7 Å². The number of hydrogen-bond acceptors (Lipinski definition) is 5. The Balaban J connectivity index is 1.61. The van der Waals surface area contributed by atoms with Crippen LogP contribution < -0.4 is 11.1 Å². The van der Waals surface area contributed by atoms with Crippen molar-refractivity contribution in [1.82, 2.24) is 10.2 Å². The van der Waals surface area contributed by atoms with Crippen molar-refractivity contribution in [2.75, 3.05) is 19.7 Å². The fourth-order valence-corrected chi connectivity index (χ4v) is 4.19. The molecule has 7 heteroatoms. The molecule has 0 bridgehead atoms. The molecule has 0 saturated carbocycles. The van der Waals surface area contributed by atoms with Gasteiger partial charge in [0.2, 0.25) is 11.8 Å². The number of carbonyl (C=O) groups excluding carboxylic acids is 2. The van der Waals surface area contributed by atoms with Crippen LogP contribution in [0.1, 0.15) is 44.2 Å². The van der Waals surface area contributed by atoms with Crippen LogP contribution in [0.15, 0.2) is 54.6 Å². The Labute approximate surface area is 202 Å². The summed E-state index contributed by atoms with van der Waals surface area (Å²) in [7, 11) is 0. The summed E-state index contributed by atoms with van der Waals surface area (Å²) in [6.07, 6.45) is 3.60. The third-order valence-corrected chi connectivity index (χ3v) is 6.23. The Bertz CT molecular complexity index is 942. The minimum atomic E-state index is -1.10. The number of aromatic hydroxyl groups is 1. The number of ether oxygens (including phenoxy) is 1. The van der Waals surface area contributed by atoms with Crippen molar-refractivity contribution < 1.29 is 19.4 Å². The Morgan fingerprint density at radius 1 is 1.18 bits per heavy atom. The van der Waals surface area contributed by atoms with E-state index in [2.05, 4.69) is 5.32 Å². The molecule has 34 heavy (non-hydrogen) atoms. The molecule has 0 aliphatic carbocycles. The number of nitrogens with zero attached hydrogens (tertiary/aromatic N) is 1. The molecule has 3 rings (SSSR count). The molecule has 184 valence electrons. The Morgan fingerprint density at radius 3 is 2.59 bits per heavy atom. The quantitative estimate of drug-likeness (QED) is 0.498. The van der Waals surface area contributed by atoms with Crippen LogP contribution in [0.25, 0.3) is 0 Å². The molecule has 2 aromatic carbocycles.